The lowest BCUT2D eigenvalue weighted by Crippen LogP contribution is -2.23. The summed E-state index contributed by atoms with van der Waals surface area (Å²) in [6.45, 7) is 12.6. The predicted molar refractivity (Wildman–Crippen MR) is 92.1 cm³/mol. The average Bonchev–Trinajstić information content (AvgIpc) is 2.41. The second-order valence-electron chi connectivity index (χ2n) is 6.17. The second-order valence-corrected chi connectivity index (χ2v) is 7.08. The topological polar surface area (TPSA) is 30.5 Å². The smallest absolute Gasteiger partial charge is 0.124 e. The van der Waals surface area contributed by atoms with Gasteiger partial charge in [0.15, 0.2) is 0 Å². The quantitative estimate of drug-likeness (QED) is 0.683. The fourth-order valence-corrected chi connectivity index (χ4v) is 2.34. The molecule has 120 valence electrons. The molecule has 1 aromatic rings. The van der Waals surface area contributed by atoms with E-state index >= 15 is 0 Å². The largest absolute Gasteiger partial charge is 0.491 e. The molecule has 0 spiro atoms. The van der Waals surface area contributed by atoms with Crippen LogP contribution in [0.2, 0.25) is 0 Å². The van der Waals surface area contributed by atoms with Crippen LogP contribution in [0.15, 0.2) is 22.7 Å². The molecular weight excluding hydrogens is 330 g/mol. The van der Waals surface area contributed by atoms with Gasteiger partial charge in [-0.25, -0.2) is 0 Å². The van der Waals surface area contributed by atoms with Gasteiger partial charge in [-0.1, -0.05) is 22.9 Å². The third-order valence-electron chi connectivity index (χ3n) is 3.01. The van der Waals surface area contributed by atoms with Crippen molar-refractivity contribution < 1.29 is 9.47 Å². The Kier molecular flexibility index (Phi) is 7.71. The Morgan fingerprint density at radius 2 is 1.95 bits per heavy atom. The van der Waals surface area contributed by atoms with Crippen molar-refractivity contribution in [2.45, 2.75) is 52.7 Å². The molecule has 21 heavy (non-hydrogen) atoms. The molecule has 0 radical (unpaired) electrons. The lowest BCUT2D eigenvalue weighted by molar-refractivity contribution is -0.0164. The Bertz CT molecular complexity index is 429. The molecule has 0 amide bonds. The number of rotatable bonds is 8. The zero-order valence-electron chi connectivity index (χ0n) is 13.8. The molecule has 1 unspecified atom stereocenters. The van der Waals surface area contributed by atoms with Gasteiger partial charge in [0.25, 0.3) is 0 Å². The normalized spacial score (nSPS) is 13.2. The molecular formula is C17H28BrNO2. The van der Waals surface area contributed by atoms with E-state index in [0.717, 1.165) is 23.2 Å². The number of halogens is 1. The maximum absolute atomic E-state index is 5.90. The SMILES string of the molecule is CCCNC(C)c1cc(Br)ccc1OCCOC(C)(C)C. The van der Waals surface area contributed by atoms with Crippen LogP contribution in [0, 0.1) is 0 Å². The lowest BCUT2D eigenvalue weighted by atomic mass is 10.1. The minimum absolute atomic E-state index is 0.123. The first-order valence-electron chi connectivity index (χ1n) is 7.63. The predicted octanol–water partition coefficient (Wildman–Crippen LogP) is 4.70. The van der Waals surface area contributed by atoms with Crippen LogP contribution in [-0.4, -0.2) is 25.4 Å². The number of hydrogen-bond acceptors (Lipinski definition) is 3. The number of ether oxygens (including phenoxy) is 2. The average molecular weight is 358 g/mol. The molecule has 1 rings (SSSR count). The van der Waals surface area contributed by atoms with Gasteiger partial charge < -0.3 is 14.8 Å². The Balaban J connectivity index is 2.64. The standard InChI is InChI=1S/C17H28BrNO2/c1-6-9-19-13(2)15-12-14(18)7-8-16(15)20-10-11-21-17(3,4)5/h7-8,12-13,19H,6,9-11H2,1-5H3. The summed E-state index contributed by atoms with van der Waals surface area (Å²) in [6, 6.07) is 6.41. The first-order valence-corrected chi connectivity index (χ1v) is 8.42. The number of hydrogen-bond donors (Lipinski definition) is 1. The van der Waals surface area contributed by atoms with Crippen molar-refractivity contribution in [2.24, 2.45) is 0 Å². The molecule has 0 heterocycles. The van der Waals surface area contributed by atoms with Gasteiger partial charge in [-0.2, -0.15) is 0 Å². The Labute approximate surface area is 137 Å². The van der Waals surface area contributed by atoms with Gasteiger partial charge in [0.1, 0.15) is 12.4 Å². The molecule has 1 N–H and O–H groups in total. The highest BCUT2D eigenvalue weighted by atomic mass is 79.9. The van der Waals surface area contributed by atoms with Crippen LogP contribution >= 0.6 is 15.9 Å². The number of nitrogens with one attached hydrogen (secondary N) is 1. The fraction of sp³-hybridized carbons (Fsp3) is 0.647. The van der Waals surface area contributed by atoms with Gasteiger partial charge in [-0.15, -0.1) is 0 Å². The van der Waals surface area contributed by atoms with Gasteiger partial charge in [-0.3, -0.25) is 0 Å². The van der Waals surface area contributed by atoms with Crippen LogP contribution < -0.4 is 10.1 Å². The summed E-state index contributed by atoms with van der Waals surface area (Å²) in [5.41, 5.74) is 1.05. The molecule has 0 saturated carbocycles. The van der Waals surface area contributed by atoms with Crippen molar-refractivity contribution in [1.82, 2.24) is 5.32 Å². The van der Waals surface area contributed by atoms with Crippen LogP contribution in [0.25, 0.3) is 0 Å². The molecule has 1 atom stereocenters. The van der Waals surface area contributed by atoms with E-state index in [1.54, 1.807) is 0 Å². The second kappa shape index (κ2) is 8.76. The van der Waals surface area contributed by atoms with Gasteiger partial charge >= 0.3 is 0 Å². The van der Waals surface area contributed by atoms with Crippen LogP contribution in [0.1, 0.15) is 52.6 Å². The minimum Gasteiger partial charge on any atom is -0.491 e. The molecule has 0 aliphatic heterocycles. The highest BCUT2D eigenvalue weighted by Gasteiger charge is 2.13. The van der Waals surface area contributed by atoms with Crippen molar-refractivity contribution in [3.05, 3.63) is 28.2 Å². The van der Waals surface area contributed by atoms with E-state index in [4.69, 9.17) is 9.47 Å². The van der Waals surface area contributed by atoms with Gasteiger partial charge in [0.2, 0.25) is 0 Å². The van der Waals surface area contributed by atoms with Gasteiger partial charge in [0.05, 0.1) is 12.2 Å². The summed E-state index contributed by atoms with van der Waals surface area (Å²) in [7, 11) is 0. The van der Waals surface area contributed by atoms with E-state index in [2.05, 4.69) is 61.9 Å². The number of benzene rings is 1. The van der Waals surface area contributed by atoms with Gasteiger partial charge in [-0.05, 0) is 58.9 Å². The molecule has 3 nitrogen and oxygen atoms in total. The summed E-state index contributed by atoms with van der Waals surface area (Å²) in [4.78, 5) is 0. The summed E-state index contributed by atoms with van der Waals surface area (Å²) in [5.74, 6) is 0.923. The van der Waals surface area contributed by atoms with E-state index in [-0.39, 0.29) is 11.6 Å². The van der Waals surface area contributed by atoms with Crippen molar-refractivity contribution in [1.29, 1.82) is 0 Å². The lowest BCUT2D eigenvalue weighted by Gasteiger charge is -2.21. The minimum atomic E-state index is -0.123. The maximum atomic E-state index is 5.90. The molecule has 0 aromatic heterocycles. The molecule has 1 aromatic carbocycles. The third-order valence-corrected chi connectivity index (χ3v) is 3.51. The molecule has 0 aliphatic carbocycles. The monoisotopic (exact) mass is 357 g/mol. The fourth-order valence-electron chi connectivity index (χ4n) is 1.96. The van der Waals surface area contributed by atoms with Crippen LogP contribution in [0.5, 0.6) is 5.75 Å². The van der Waals surface area contributed by atoms with Crippen LogP contribution in [-0.2, 0) is 4.74 Å². The third kappa shape index (κ3) is 7.30. The molecule has 4 heteroatoms. The van der Waals surface area contributed by atoms with E-state index < -0.39 is 0 Å². The van der Waals surface area contributed by atoms with Crippen molar-refractivity contribution >= 4 is 15.9 Å². The van der Waals surface area contributed by atoms with Gasteiger partial charge in [0, 0.05) is 16.1 Å². The first-order chi connectivity index (χ1) is 9.83. The van der Waals surface area contributed by atoms with Crippen molar-refractivity contribution in [2.75, 3.05) is 19.8 Å². The summed E-state index contributed by atoms with van der Waals surface area (Å²) < 4.78 is 12.7. The van der Waals surface area contributed by atoms with E-state index in [0.29, 0.717) is 13.2 Å². The van der Waals surface area contributed by atoms with Crippen LogP contribution in [0.4, 0.5) is 0 Å². The molecule has 0 fully saturated rings. The van der Waals surface area contributed by atoms with E-state index in [1.165, 1.54) is 5.56 Å². The summed E-state index contributed by atoms with van der Waals surface area (Å²) in [6.07, 6.45) is 1.12. The Hall–Kier alpha value is -0.580. The zero-order valence-corrected chi connectivity index (χ0v) is 15.4. The summed E-state index contributed by atoms with van der Waals surface area (Å²) >= 11 is 3.53. The zero-order chi connectivity index (χ0) is 15.9. The molecule has 0 bridgehead atoms. The molecule has 0 saturated heterocycles. The maximum Gasteiger partial charge on any atom is 0.124 e. The Morgan fingerprint density at radius 1 is 1.24 bits per heavy atom. The van der Waals surface area contributed by atoms with E-state index in [9.17, 15) is 0 Å². The van der Waals surface area contributed by atoms with E-state index in [1.807, 2.05) is 12.1 Å². The highest BCUT2D eigenvalue weighted by molar-refractivity contribution is 9.10. The first kappa shape index (κ1) is 18.5. The van der Waals surface area contributed by atoms with Crippen LogP contribution in [0.3, 0.4) is 0 Å². The van der Waals surface area contributed by atoms with Crippen molar-refractivity contribution in [3.8, 4) is 5.75 Å². The Morgan fingerprint density at radius 3 is 2.57 bits per heavy atom. The molecule has 0 aliphatic rings. The highest BCUT2D eigenvalue weighted by Crippen LogP contribution is 2.28. The summed E-state index contributed by atoms with van der Waals surface area (Å²) in [5, 5.41) is 3.50. The van der Waals surface area contributed by atoms with Crippen molar-refractivity contribution in [3.63, 3.8) is 0 Å².